The summed E-state index contributed by atoms with van der Waals surface area (Å²) < 4.78 is 40.6. The highest BCUT2D eigenvalue weighted by Gasteiger charge is 2.63. The van der Waals surface area contributed by atoms with Crippen molar-refractivity contribution in [3.05, 3.63) is 35.9 Å². The molecule has 0 radical (unpaired) electrons. The van der Waals surface area contributed by atoms with Gasteiger partial charge in [-0.3, -0.25) is 4.79 Å². The molecule has 1 saturated carbocycles. The molecule has 1 atom stereocenters. The zero-order valence-electron chi connectivity index (χ0n) is 14.5. The molecule has 0 bridgehead atoms. The smallest absolute Gasteiger partial charge is 0.362 e. The lowest BCUT2D eigenvalue weighted by Gasteiger charge is -2.32. The fraction of sp³-hybridized carbons (Fsp3) is 0.579. The first-order chi connectivity index (χ1) is 12.3. The van der Waals surface area contributed by atoms with Crippen molar-refractivity contribution in [2.45, 2.75) is 63.3 Å². The third-order valence-electron chi connectivity index (χ3n) is 5.24. The second-order valence-corrected chi connectivity index (χ2v) is 7.11. The summed E-state index contributed by atoms with van der Waals surface area (Å²) in [6, 6.07) is 9.06. The molecular weight excluding hydrogens is 345 g/mol. The fourth-order valence-electron chi connectivity index (χ4n) is 3.72. The summed E-state index contributed by atoms with van der Waals surface area (Å²) >= 11 is 0. The van der Waals surface area contributed by atoms with Gasteiger partial charge in [0.2, 0.25) is 5.91 Å². The SMILES string of the molecule is O=C(CCc1ccccc1)N1N=C(C2CCCCC2)C[C@@]1(O)C(F)(F)F. The van der Waals surface area contributed by atoms with Gasteiger partial charge < -0.3 is 5.11 Å². The van der Waals surface area contributed by atoms with Crippen molar-refractivity contribution in [3.8, 4) is 0 Å². The van der Waals surface area contributed by atoms with Crippen molar-refractivity contribution < 1.29 is 23.1 Å². The average molecular weight is 368 g/mol. The highest BCUT2D eigenvalue weighted by atomic mass is 19.4. The summed E-state index contributed by atoms with van der Waals surface area (Å²) in [5.74, 6) is -0.885. The Hall–Kier alpha value is -1.89. The lowest BCUT2D eigenvalue weighted by atomic mass is 9.83. The van der Waals surface area contributed by atoms with Crippen LogP contribution in [0.1, 0.15) is 50.5 Å². The molecule has 1 aliphatic heterocycles. The van der Waals surface area contributed by atoms with E-state index >= 15 is 0 Å². The Morgan fingerprint density at radius 1 is 1.19 bits per heavy atom. The summed E-state index contributed by atoms with van der Waals surface area (Å²) in [5, 5.41) is 14.6. The van der Waals surface area contributed by atoms with Gasteiger partial charge in [0.1, 0.15) is 0 Å². The van der Waals surface area contributed by atoms with E-state index < -0.39 is 24.2 Å². The Labute approximate surface area is 150 Å². The number of benzene rings is 1. The molecule has 1 heterocycles. The van der Waals surface area contributed by atoms with Crippen LogP contribution in [0.5, 0.6) is 0 Å². The van der Waals surface area contributed by atoms with Gasteiger partial charge in [0.15, 0.2) is 0 Å². The Bertz CT molecular complexity index is 669. The van der Waals surface area contributed by atoms with E-state index in [1.165, 1.54) is 0 Å². The van der Waals surface area contributed by atoms with E-state index in [0.29, 0.717) is 17.1 Å². The number of hydrogen-bond donors (Lipinski definition) is 1. The van der Waals surface area contributed by atoms with Gasteiger partial charge in [-0.25, -0.2) is 0 Å². The molecular formula is C19H23F3N2O2. The molecule has 142 valence electrons. The molecule has 3 rings (SSSR count). The number of hydrazone groups is 1. The van der Waals surface area contributed by atoms with Gasteiger partial charge in [-0.2, -0.15) is 23.3 Å². The van der Waals surface area contributed by atoms with Crippen LogP contribution in [-0.2, 0) is 11.2 Å². The molecule has 1 amide bonds. The number of halogens is 3. The van der Waals surface area contributed by atoms with Gasteiger partial charge >= 0.3 is 6.18 Å². The first-order valence-electron chi connectivity index (χ1n) is 9.05. The molecule has 1 aliphatic carbocycles. The summed E-state index contributed by atoms with van der Waals surface area (Å²) in [4.78, 5) is 12.5. The van der Waals surface area contributed by atoms with Crippen LogP contribution >= 0.6 is 0 Å². The molecule has 0 unspecified atom stereocenters. The number of amides is 1. The molecule has 7 heteroatoms. The Balaban J connectivity index is 1.77. The van der Waals surface area contributed by atoms with E-state index in [2.05, 4.69) is 5.10 Å². The van der Waals surface area contributed by atoms with Crippen molar-refractivity contribution in [2.75, 3.05) is 0 Å². The van der Waals surface area contributed by atoms with Crippen molar-refractivity contribution in [3.63, 3.8) is 0 Å². The minimum Gasteiger partial charge on any atom is -0.362 e. The minimum atomic E-state index is -4.95. The van der Waals surface area contributed by atoms with E-state index in [1.807, 2.05) is 18.2 Å². The van der Waals surface area contributed by atoms with Crippen LogP contribution in [0.25, 0.3) is 0 Å². The van der Waals surface area contributed by atoms with Gasteiger partial charge in [0, 0.05) is 18.6 Å². The quantitative estimate of drug-likeness (QED) is 0.872. The largest absolute Gasteiger partial charge is 0.438 e. The number of alkyl halides is 3. The third-order valence-corrected chi connectivity index (χ3v) is 5.24. The summed E-state index contributed by atoms with van der Waals surface area (Å²) in [5.41, 5.74) is -2.07. The first kappa shape index (κ1) is 18.9. The Morgan fingerprint density at radius 3 is 2.46 bits per heavy atom. The fourth-order valence-corrected chi connectivity index (χ4v) is 3.72. The van der Waals surface area contributed by atoms with E-state index in [4.69, 9.17) is 0 Å². The van der Waals surface area contributed by atoms with Gasteiger partial charge in [-0.15, -0.1) is 0 Å². The highest BCUT2D eigenvalue weighted by Crippen LogP contribution is 2.43. The zero-order chi connectivity index (χ0) is 18.8. The molecule has 1 aromatic rings. The van der Waals surface area contributed by atoms with Crippen LogP contribution in [0.15, 0.2) is 35.4 Å². The maximum absolute atomic E-state index is 13.5. The van der Waals surface area contributed by atoms with Gasteiger partial charge in [-0.1, -0.05) is 49.6 Å². The second-order valence-electron chi connectivity index (χ2n) is 7.11. The molecule has 4 nitrogen and oxygen atoms in total. The third kappa shape index (κ3) is 3.77. The molecule has 1 aromatic carbocycles. The van der Waals surface area contributed by atoms with Crippen LogP contribution in [-0.4, -0.2) is 33.6 Å². The monoisotopic (exact) mass is 368 g/mol. The number of carbonyl (C=O) groups is 1. The van der Waals surface area contributed by atoms with Gasteiger partial charge in [-0.05, 0) is 30.7 Å². The number of aryl methyl sites for hydroxylation is 1. The molecule has 0 aromatic heterocycles. The van der Waals surface area contributed by atoms with E-state index in [0.717, 1.165) is 37.7 Å². The molecule has 1 N–H and O–H groups in total. The number of aliphatic hydroxyl groups is 1. The molecule has 2 aliphatic rings. The Kier molecular flexibility index (Phi) is 5.37. The topological polar surface area (TPSA) is 52.9 Å². The van der Waals surface area contributed by atoms with Crippen molar-refractivity contribution in [1.29, 1.82) is 0 Å². The van der Waals surface area contributed by atoms with Crippen LogP contribution < -0.4 is 0 Å². The summed E-state index contributed by atoms with van der Waals surface area (Å²) in [7, 11) is 0. The number of nitrogens with zero attached hydrogens (tertiary/aromatic N) is 2. The van der Waals surface area contributed by atoms with Crippen LogP contribution in [0, 0.1) is 5.92 Å². The highest BCUT2D eigenvalue weighted by molar-refractivity contribution is 5.92. The predicted octanol–water partition coefficient (Wildman–Crippen LogP) is 4.04. The average Bonchev–Trinajstić information content (AvgIpc) is 3.00. The Morgan fingerprint density at radius 2 is 1.85 bits per heavy atom. The van der Waals surface area contributed by atoms with Crippen LogP contribution in [0.4, 0.5) is 13.2 Å². The number of hydrogen-bond acceptors (Lipinski definition) is 3. The molecule has 1 fully saturated rings. The predicted molar refractivity (Wildman–Crippen MR) is 91.2 cm³/mol. The molecule has 26 heavy (non-hydrogen) atoms. The van der Waals surface area contributed by atoms with Crippen molar-refractivity contribution in [1.82, 2.24) is 5.01 Å². The first-order valence-corrected chi connectivity index (χ1v) is 9.05. The van der Waals surface area contributed by atoms with Crippen LogP contribution in [0.2, 0.25) is 0 Å². The van der Waals surface area contributed by atoms with Crippen LogP contribution in [0.3, 0.4) is 0 Å². The lowest BCUT2D eigenvalue weighted by molar-refractivity contribution is -0.302. The normalized spacial score (nSPS) is 24.6. The zero-order valence-corrected chi connectivity index (χ0v) is 14.5. The van der Waals surface area contributed by atoms with E-state index in [-0.39, 0.29) is 12.3 Å². The lowest BCUT2D eigenvalue weighted by Crippen LogP contribution is -2.56. The number of rotatable bonds is 4. The van der Waals surface area contributed by atoms with E-state index in [9.17, 15) is 23.1 Å². The molecule has 0 spiro atoms. The van der Waals surface area contributed by atoms with Crippen molar-refractivity contribution in [2.24, 2.45) is 11.0 Å². The molecule has 0 saturated heterocycles. The number of carbonyl (C=O) groups excluding carboxylic acids is 1. The second kappa shape index (κ2) is 7.39. The maximum Gasteiger partial charge on any atom is 0.438 e. The minimum absolute atomic E-state index is 0.0791. The van der Waals surface area contributed by atoms with Gasteiger partial charge in [0.05, 0.1) is 0 Å². The maximum atomic E-state index is 13.5. The van der Waals surface area contributed by atoms with E-state index in [1.54, 1.807) is 12.1 Å². The van der Waals surface area contributed by atoms with Gasteiger partial charge in [0.25, 0.3) is 5.72 Å². The standard InChI is InChI=1S/C19H23F3N2O2/c20-19(21,22)18(26)13-16(15-9-5-2-6-10-15)23-24(18)17(25)12-11-14-7-3-1-4-8-14/h1,3-4,7-8,15,26H,2,5-6,9-13H2/t18-/m1/s1. The van der Waals surface area contributed by atoms with Crippen molar-refractivity contribution >= 4 is 11.6 Å². The summed E-state index contributed by atoms with van der Waals surface area (Å²) in [6.45, 7) is 0. The summed E-state index contributed by atoms with van der Waals surface area (Å²) in [6.07, 6.45) is -0.952.